The van der Waals surface area contributed by atoms with Gasteiger partial charge < -0.3 is 10.2 Å². The maximum atomic E-state index is 12.8. The number of hydrogen-bond donors (Lipinski definition) is 1. The van der Waals surface area contributed by atoms with E-state index in [4.69, 9.17) is 0 Å². The molecule has 2 aliphatic heterocycles. The predicted molar refractivity (Wildman–Crippen MR) is 106 cm³/mol. The Bertz CT molecular complexity index is 749. The van der Waals surface area contributed by atoms with Gasteiger partial charge in [-0.05, 0) is 56.0 Å². The molecule has 2 saturated heterocycles. The van der Waals surface area contributed by atoms with Crippen LogP contribution in [0.4, 0.5) is 0 Å². The molecule has 28 heavy (non-hydrogen) atoms. The highest BCUT2D eigenvalue weighted by atomic mass is 16.2. The molecule has 0 aliphatic carbocycles. The van der Waals surface area contributed by atoms with Crippen LogP contribution in [0.1, 0.15) is 28.9 Å². The topological polar surface area (TPSA) is 79.2 Å². The second kappa shape index (κ2) is 9.25. The molecule has 1 amide bonds. The Morgan fingerprint density at radius 2 is 2.00 bits per heavy atom. The molecule has 4 heterocycles. The van der Waals surface area contributed by atoms with Crippen molar-refractivity contribution in [2.75, 3.05) is 45.8 Å². The van der Waals surface area contributed by atoms with E-state index in [9.17, 15) is 4.79 Å². The molecule has 4 rings (SSSR count). The molecular formula is C20H29N7O. The quantitative estimate of drug-likeness (QED) is 0.790. The first-order valence-corrected chi connectivity index (χ1v) is 10.3. The van der Waals surface area contributed by atoms with Crippen molar-refractivity contribution in [3.05, 3.63) is 42.0 Å². The van der Waals surface area contributed by atoms with Crippen LogP contribution in [-0.4, -0.2) is 81.5 Å². The number of pyridine rings is 1. The van der Waals surface area contributed by atoms with Crippen molar-refractivity contribution < 1.29 is 4.79 Å². The third-order valence-electron chi connectivity index (χ3n) is 5.73. The summed E-state index contributed by atoms with van der Waals surface area (Å²) in [6.07, 6.45) is 8.91. The van der Waals surface area contributed by atoms with Gasteiger partial charge >= 0.3 is 0 Å². The van der Waals surface area contributed by atoms with Gasteiger partial charge in [0, 0.05) is 51.7 Å². The number of piperidine rings is 1. The fourth-order valence-corrected chi connectivity index (χ4v) is 4.00. The number of hydrogen-bond acceptors (Lipinski definition) is 6. The van der Waals surface area contributed by atoms with Crippen LogP contribution < -0.4 is 5.32 Å². The molecule has 0 aromatic carbocycles. The molecule has 2 aromatic rings. The summed E-state index contributed by atoms with van der Waals surface area (Å²) in [5.41, 5.74) is 1.77. The van der Waals surface area contributed by atoms with Crippen LogP contribution in [0.3, 0.4) is 0 Å². The number of rotatable bonds is 6. The normalized spacial score (nSPS) is 21.0. The third kappa shape index (κ3) is 4.94. The largest absolute Gasteiger partial charge is 0.335 e. The van der Waals surface area contributed by atoms with Gasteiger partial charge in [-0.3, -0.25) is 19.4 Å². The first-order chi connectivity index (χ1) is 13.8. The average molecular weight is 384 g/mol. The first kappa shape index (κ1) is 19.0. The van der Waals surface area contributed by atoms with E-state index in [-0.39, 0.29) is 5.91 Å². The summed E-state index contributed by atoms with van der Waals surface area (Å²) in [4.78, 5) is 21.1. The molecule has 1 N–H and O–H groups in total. The molecule has 1 atom stereocenters. The number of aromatic nitrogens is 4. The van der Waals surface area contributed by atoms with Gasteiger partial charge in [-0.25, -0.2) is 0 Å². The molecule has 8 nitrogen and oxygen atoms in total. The standard InChI is InChI=1S/C20H29N7O/c28-20(19-16-27(24-23-19)15-18-2-1-6-22-14-18)26-12-10-25(11-13-26)9-5-17-3-7-21-8-4-17/h3-4,7-8,16,18,22H,1-2,5-6,9-15H2/t18-/m0/s1. The Hall–Kier alpha value is -2.32. The zero-order valence-corrected chi connectivity index (χ0v) is 16.3. The van der Waals surface area contributed by atoms with Gasteiger partial charge in [0.1, 0.15) is 0 Å². The lowest BCUT2D eigenvalue weighted by molar-refractivity contribution is 0.0632. The monoisotopic (exact) mass is 383 g/mol. The fraction of sp³-hybridized carbons (Fsp3) is 0.600. The maximum Gasteiger partial charge on any atom is 0.276 e. The Balaban J connectivity index is 1.23. The molecule has 0 unspecified atom stereocenters. The zero-order chi connectivity index (χ0) is 19.2. The minimum Gasteiger partial charge on any atom is -0.335 e. The van der Waals surface area contributed by atoms with Crippen molar-refractivity contribution in [2.45, 2.75) is 25.8 Å². The summed E-state index contributed by atoms with van der Waals surface area (Å²) in [7, 11) is 0. The molecule has 0 radical (unpaired) electrons. The van der Waals surface area contributed by atoms with Gasteiger partial charge in [0.25, 0.3) is 5.91 Å². The Morgan fingerprint density at radius 3 is 2.75 bits per heavy atom. The number of amides is 1. The number of piperazine rings is 1. The van der Waals surface area contributed by atoms with Crippen LogP contribution in [-0.2, 0) is 13.0 Å². The Morgan fingerprint density at radius 1 is 1.18 bits per heavy atom. The number of carbonyl (C=O) groups excluding carboxylic acids is 1. The predicted octanol–water partition coefficient (Wildman–Crippen LogP) is 0.673. The molecule has 150 valence electrons. The van der Waals surface area contributed by atoms with Gasteiger partial charge in [0.15, 0.2) is 5.69 Å². The van der Waals surface area contributed by atoms with Crippen molar-refractivity contribution in [1.29, 1.82) is 0 Å². The van der Waals surface area contributed by atoms with Crippen molar-refractivity contribution in [2.24, 2.45) is 5.92 Å². The molecule has 8 heteroatoms. The smallest absolute Gasteiger partial charge is 0.276 e. The molecule has 0 spiro atoms. The Kier molecular flexibility index (Phi) is 6.28. The molecule has 0 saturated carbocycles. The van der Waals surface area contributed by atoms with E-state index in [1.54, 1.807) is 0 Å². The van der Waals surface area contributed by atoms with Crippen LogP contribution in [0, 0.1) is 5.92 Å². The van der Waals surface area contributed by atoms with E-state index < -0.39 is 0 Å². The van der Waals surface area contributed by atoms with E-state index in [1.165, 1.54) is 18.4 Å². The van der Waals surface area contributed by atoms with Crippen LogP contribution >= 0.6 is 0 Å². The van der Waals surface area contributed by atoms with Gasteiger partial charge in [0.05, 0.1) is 6.20 Å². The van der Waals surface area contributed by atoms with Gasteiger partial charge in [-0.15, -0.1) is 5.10 Å². The zero-order valence-electron chi connectivity index (χ0n) is 16.3. The van der Waals surface area contributed by atoms with E-state index in [0.29, 0.717) is 11.6 Å². The van der Waals surface area contributed by atoms with Crippen LogP contribution in [0.2, 0.25) is 0 Å². The highest BCUT2D eigenvalue weighted by Crippen LogP contribution is 2.13. The lowest BCUT2D eigenvalue weighted by Gasteiger charge is -2.34. The Labute approximate surface area is 165 Å². The third-order valence-corrected chi connectivity index (χ3v) is 5.73. The number of nitrogens with one attached hydrogen (secondary N) is 1. The number of nitrogens with zero attached hydrogens (tertiary/aromatic N) is 6. The summed E-state index contributed by atoms with van der Waals surface area (Å²) in [5.74, 6) is 0.573. The van der Waals surface area contributed by atoms with Crippen LogP contribution in [0.25, 0.3) is 0 Å². The van der Waals surface area contributed by atoms with E-state index in [0.717, 1.165) is 58.8 Å². The number of carbonyl (C=O) groups is 1. The van der Waals surface area contributed by atoms with Crippen molar-refractivity contribution in [3.63, 3.8) is 0 Å². The summed E-state index contributed by atoms with van der Waals surface area (Å²) in [6.45, 7) is 7.25. The lowest BCUT2D eigenvalue weighted by atomic mass is 10.00. The molecular weight excluding hydrogens is 354 g/mol. The summed E-state index contributed by atoms with van der Waals surface area (Å²) in [5, 5.41) is 11.7. The summed E-state index contributed by atoms with van der Waals surface area (Å²) >= 11 is 0. The van der Waals surface area contributed by atoms with E-state index in [2.05, 4.69) is 37.6 Å². The van der Waals surface area contributed by atoms with Crippen LogP contribution in [0.15, 0.2) is 30.7 Å². The second-order valence-electron chi connectivity index (χ2n) is 7.78. The van der Waals surface area contributed by atoms with E-state index in [1.807, 2.05) is 28.2 Å². The minimum absolute atomic E-state index is 0.00167. The molecule has 2 aromatic heterocycles. The second-order valence-corrected chi connectivity index (χ2v) is 7.78. The molecule has 2 fully saturated rings. The van der Waals surface area contributed by atoms with Gasteiger partial charge in [-0.1, -0.05) is 5.21 Å². The SMILES string of the molecule is O=C(c1cn(C[C@H]2CCCNC2)nn1)N1CCN(CCc2ccncc2)CC1. The van der Waals surface area contributed by atoms with Crippen LogP contribution in [0.5, 0.6) is 0 Å². The molecule has 2 aliphatic rings. The van der Waals surface area contributed by atoms with Gasteiger partial charge in [0.2, 0.25) is 0 Å². The highest BCUT2D eigenvalue weighted by Gasteiger charge is 2.24. The highest BCUT2D eigenvalue weighted by molar-refractivity contribution is 5.92. The van der Waals surface area contributed by atoms with Gasteiger partial charge in [-0.2, -0.15) is 0 Å². The maximum absolute atomic E-state index is 12.8. The van der Waals surface area contributed by atoms with Crippen molar-refractivity contribution in [1.82, 2.24) is 35.1 Å². The molecule has 0 bridgehead atoms. The summed E-state index contributed by atoms with van der Waals surface area (Å²) < 4.78 is 1.83. The lowest BCUT2D eigenvalue weighted by Crippen LogP contribution is -2.49. The van der Waals surface area contributed by atoms with Crippen molar-refractivity contribution >= 4 is 5.91 Å². The summed E-state index contributed by atoms with van der Waals surface area (Å²) in [6, 6.07) is 4.12. The fourth-order valence-electron chi connectivity index (χ4n) is 4.00. The van der Waals surface area contributed by atoms with E-state index >= 15 is 0 Å². The van der Waals surface area contributed by atoms with Crippen molar-refractivity contribution in [3.8, 4) is 0 Å². The first-order valence-electron chi connectivity index (χ1n) is 10.3. The average Bonchev–Trinajstić information content (AvgIpc) is 3.22. The minimum atomic E-state index is 0.00167.